The summed E-state index contributed by atoms with van der Waals surface area (Å²) in [6.07, 6.45) is -2.87. The molecule has 0 saturated heterocycles. The number of unbranched alkanes of at least 4 members (excludes halogenated alkanes) is 2. The number of hydrogen-bond donors (Lipinski definition) is 1. The molecule has 1 N–H and O–H groups in total. The Kier molecular flexibility index (Phi) is 8.66. The molecule has 166 valence electrons. The molecule has 1 aromatic carbocycles. The van der Waals surface area contributed by atoms with Gasteiger partial charge in [-0.15, -0.1) is 0 Å². The van der Waals surface area contributed by atoms with Gasteiger partial charge in [0.15, 0.2) is 0 Å². The standard InChI is InChI=1S/C17H25F3N2O5S2/c1-4-6-10-22(11-7-5-2)29(26,27)16-9-8-14(12-15(16)17(18,19)20)28(24,25)21-13(3)23/h8-9,12H,4-7,10-11H2,1-3H3,(H,21,23). The lowest BCUT2D eigenvalue weighted by molar-refractivity contribution is -0.140. The van der Waals surface area contributed by atoms with Crippen molar-refractivity contribution in [2.45, 2.75) is 62.4 Å². The lowest BCUT2D eigenvalue weighted by Crippen LogP contribution is -2.34. The third-order valence-electron chi connectivity index (χ3n) is 3.98. The quantitative estimate of drug-likeness (QED) is 0.581. The van der Waals surface area contributed by atoms with Crippen LogP contribution in [0.5, 0.6) is 0 Å². The summed E-state index contributed by atoms with van der Waals surface area (Å²) in [6, 6.07) is 1.60. The zero-order chi connectivity index (χ0) is 22.5. The highest BCUT2D eigenvalue weighted by Gasteiger charge is 2.40. The van der Waals surface area contributed by atoms with Gasteiger partial charge in [0.1, 0.15) is 0 Å². The number of sulfonamides is 2. The van der Waals surface area contributed by atoms with Crippen molar-refractivity contribution in [2.75, 3.05) is 13.1 Å². The third-order valence-corrected chi connectivity index (χ3v) is 7.37. The molecule has 29 heavy (non-hydrogen) atoms. The molecule has 12 heteroatoms. The van der Waals surface area contributed by atoms with Crippen LogP contribution in [0.4, 0.5) is 13.2 Å². The molecule has 7 nitrogen and oxygen atoms in total. The van der Waals surface area contributed by atoms with Crippen LogP contribution in [-0.4, -0.2) is 40.1 Å². The molecule has 0 heterocycles. The highest BCUT2D eigenvalue weighted by molar-refractivity contribution is 7.90. The Balaban J connectivity index is 3.58. The molecule has 0 aliphatic rings. The van der Waals surface area contributed by atoms with E-state index in [9.17, 15) is 34.8 Å². The maximum Gasteiger partial charge on any atom is 0.417 e. The minimum atomic E-state index is -5.12. The second kappa shape index (κ2) is 9.90. The molecule has 0 radical (unpaired) electrons. The molecule has 1 aromatic rings. The van der Waals surface area contributed by atoms with Gasteiger partial charge in [-0.25, -0.2) is 21.6 Å². The van der Waals surface area contributed by atoms with E-state index in [1.54, 1.807) is 4.72 Å². The summed E-state index contributed by atoms with van der Waals surface area (Å²) in [5.41, 5.74) is -1.60. The maximum absolute atomic E-state index is 13.6. The molecule has 0 bridgehead atoms. The molecule has 0 fully saturated rings. The van der Waals surface area contributed by atoms with Gasteiger partial charge in [-0.1, -0.05) is 26.7 Å². The van der Waals surface area contributed by atoms with Crippen molar-refractivity contribution in [2.24, 2.45) is 0 Å². The monoisotopic (exact) mass is 458 g/mol. The van der Waals surface area contributed by atoms with Gasteiger partial charge in [-0.2, -0.15) is 17.5 Å². The van der Waals surface area contributed by atoms with E-state index in [1.165, 1.54) is 0 Å². The first-order valence-electron chi connectivity index (χ1n) is 9.02. The summed E-state index contributed by atoms with van der Waals surface area (Å²) in [5.74, 6) is -0.986. The van der Waals surface area contributed by atoms with Gasteiger partial charge in [0.05, 0.1) is 15.4 Å². The van der Waals surface area contributed by atoms with Gasteiger partial charge in [0.25, 0.3) is 10.0 Å². The number of hydrogen-bond acceptors (Lipinski definition) is 5. The average molecular weight is 459 g/mol. The summed E-state index contributed by atoms with van der Waals surface area (Å²) in [6.45, 7) is 4.66. The van der Waals surface area contributed by atoms with Crippen molar-refractivity contribution in [3.05, 3.63) is 23.8 Å². The van der Waals surface area contributed by atoms with Crippen LogP contribution in [0.1, 0.15) is 52.0 Å². The predicted octanol–water partition coefficient (Wildman–Crippen LogP) is 3.12. The number of alkyl halides is 3. The van der Waals surface area contributed by atoms with E-state index in [1.807, 2.05) is 13.8 Å². The number of rotatable bonds is 10. The summed E-state index contributed by atoms with van der Waals surface area (Å²) in [5, 5.41) is 0. The van der Waals surface area contributed by atoms with Crippen molar-refractivity contribution in [1.82, 2.24) is 9.03 Å². The largest absolute Gasteiger partial charge is 0.417 e. The fourth-order valence-electron chi connectivity index (χ4n) is 2.53. The summed E-state index contributed by atoms with van der Waals surface area (Å²) >= 11 is 0. The molecule has 0 spiro atoms. The number of carbonyl (C=O) groups excluding carboxylic acids is 1. The van der Waals surface area contributed by atoms with Gasteiger partial charge >= 0.3 is 6.18 Å². The molecule has 0 aromatic heterocycles. The fourth-order valence-corrected chi connectivity index (χ4v) is 5.26. The molecular formula is C17H25F3N2O5S2. The van der Waals surface area contributed by atoms with Crippen molar-refractivity contribution in [1.29, 1.82) is 0 Å². The molecule has 0 aliphatic carbocycles. The van der Waals surface area contributed by atoms with Gasteiger partial charge < -0.3 is 0 Å². The Morgan fingerprint density at radius 1 is 1.03 bits per heavy atom. The second-order valence-electron chi connectivity index (χ2n) is 6.43. The number of amides is 1. The SMILES string of the molecule is CCCCN(CCCC)S(=O)(=O)c1ccc(S(=O)(=O)NC(C)=O)cc1C(F)(F)F. The number of carbonyl (C=O) groups is 1. The highest BCUT2D eigenvalue weighted by atomic mass is 32.2. The van der Waals surface area contributed by atoms with Gasteiger partial charge in [0, 0.05) is 20.0 Å². The van der Waals surface area contributed by atoms with E-state index in [4.69, 9.17) is 0 Å². The smallest absolute Gasteiger partial charge is 0.274 e. The molecule has 1 rings (SSSR count). The zero-order valence-electron chi connectivity index (χ0n) is 16.4. The van der Waals surface area contributed by atoms with Crippen molar-refractivity contribution in [3.63, 3.8) is 0 Å². The molecule has 1 amide bonds. The first kappa shape index (κ1) is 25.4. The van der Waals surface area contributed by atoms with Crippen LogP contribution >= 0.6 is 0 Å². The zero-order valence-corrected chi connectivity index (χ0v) is 18.0. The molecule has 0 atom stereocenters. The lowest BCUT2D eigenvalue weighted by Gasteiger charge is -2.24. The van der Waals surface area contributed by atoms with E-state index in [0.717, 1.165) is 17.3 Å². The van der Waals surface area contributed by atoms with Crippen LogP contribution in [0.25, 0.3) is 0 Å². The first-order chi connectivity index (χ1) is 13.3. The number of benzene rings is 1. The van der Waals surface area contributed by atoms with Crippen LogP contribution < -0.4 is 4.72 Å². The Bertz CT molecular complexity index is 921. The van der Waals surface area contributed by atoms with Crippen molar-refractivity contribution < 1.29 is 34.8 Å². The Hall–Kier alpha value is -1.66. The van der Waals surface area contributed by atoms with Gasteiger partial charge in [-0.05, 0) is 31.0 Å². The van der Waals surface area contributed by atoms with Gasteiger partial charge in [0.2, 0.25) is 15.9 Å². The summed E-state index contributed by atoms with van der Waals surface area (Å²) < 4.78 is 93.4. The minimum Gasteiger partial charge on any atom is -0.274 e. The Morgan fingerprint density at radius 2 is 1.55 bits per heavy atom. The van der Waals surface area contributed by atoms with Crippen LogP contribution in [0.15, 0.2) is 28.0 Å². The summed E-state index contributed by atoms with van der Waals surface area (Å²) in [4.78, 5) is 9.15. The van der Waals surface area contributed by atoms with Crippen LogP contribution in [0, 0.1) is 0 Å². The van der Waals surface area contributed by atoms with E-state index in [-0.39, 0.29) is 19.2 Å². The second-order valence-corrected chi connectivity index (χ2v) is 10.0. The van der Waals surface area contributed by atoms with Crippen molar-refractivity contribution >= 4 is 26.0 Å². The highest BCUT2D eigenvalue weighted by Crippen LogP contribution is 2.37. The Morgan fingerprint density at radius 3 is 1.97 bits per heavy atom. The first-order valence-corrected chi connectivity index (χ1v) is 11.9. The van der Waals surface area contributed by atoms with E-state index in [0.29, 0.717) is 31.7 Å². The fraction of sp³-hybridized carbons (Fsp3) is 0.588. The van der Waals surface area contributed by atoms with E-state index >= 15 is 0 Å². The number of halogens is 3. The van der Waals surface area contributed by atoms with Gasteiger partial charge in [-0.3, -0.25) is 4.79 Å². The average Bonchev–Trinajstić information content (AvgIpc) is 2.59. The maximum atomic E-state index is 13.6. The van der Waals surface area contributed by atoms with Crippen LogP contribution in [0.2, 0.25) is 0 Å². The lowest BCUT2D eigenvalue weighted by atomic mass is 10.2. The van der Waals surface area contributed by atoms with Crippen molar-refractivity contribution in [3.8, 4) is 0 Å². The molecule has 0 aliphatic heterocycles. The molecule has 0 unspecified atom stereocenters. The summed E-state index contributed by atoms with van der Waals surface area (Å²) in [7, 11) is -9.07. The topological polar surface area (TPSA) is 101 Å². The van der Waals surface area contributed by atoms with Crippen LogP contribution in [0.3, 0.4) is 0 Å². The Labute approximate surface area is 169 Å². The minimum absolute atomic E-state index is 0.0576. The molecular weight excluding hydrogens is 433 g/mol. The number of nitrogens with one attached hydrogen (secondary N) is 1. The van der Waals surface area contributed by atoms with E-state index < -0.39 is 47.5 Å². The van der Waals surface area contributed by atoms with E-state index in [2.05, 4.69) is 0 Å². The number of nitrogens with zero attached hydrogens (tertiary/aromatic N) is 1. The molecule has 0 saturated carbocycles. The van der Waals surface area contributed by atoms with Crippen LogP contribution in [-0.2, 0) is 31.0 Å². The predicted molar refractivity (Wildman–Crippen MR) is 101 cm³/mol. The third kappa shape index (κ3) is 6.68. The normalized spacial score (nSPS) is 12.9.